The van der Waals surface area contributed by atoms with E-state index in [0.29, 0.717) is 29.9 Å². The number of nitriles is 1. The molecule has 0 bridgehead atoms. The second-order valence-electron chi connectivity index (χ2n) is 5.70. The fourth-order valence-corrected chi connectivity index (χ4v) is 3.44. The number of aromatic nitrogens is 2. The monoisotopic (exact) mass is 365 g/mol. The summed E-state index contributed by atoms with van der Waals surface area (Å²) in [4.78, 5) is 17.4. The average molecular weight is 365 g/mol. The van der Waals surface area contributed by atoms with Crippen LogP contribution < -0.4 is 10.3 Å². The molecule has 0 aliphatic heterocycles. The Morgan fingerprint density at radius 3 is 2.69 bits per heavy atom. The van der Waals surface area contributed by atoms with Crippen molar-refractivity contribution in [1.82, 2.24) is 9.55 Å². The van der Waals surface area contributed by atoms with Crippen molar-refractivity contribution in [1.29, 1.82) is 5.26 Å². The highest BCUT2D eigenvalue weighted by atomic mass is 32.2. The van der Waals surface area contributed by atoms with E-state index in [1.807, 2.05) is 31.2 Å². The summed E-state index contributed by atoms with van der Waals surface area (Å²) in [5.41, 5.74) is 1.34. The molecule has 0 fully saturated rings. The molecule has 3 aromatic rings. The maximum Gasteiger partial charge on any atom is 0.262 e. The van der Waals surface area contributed by atoms with Gasteiger partial charge >= 0.3 is 0 Å². The van der Waals surface area contributed by atoms with Crippen molar-refractivity contribution < 1.29 is 4.74 Å². The SMILES string of the molecule is CCCn1c(SCCOc2ccc(C#N)cc2)nc2ccccc2c1=O. The van der Waals surface area contributed by atoms with Gasteiger partial charge in [0.2, 0.25) is 0 Å². The highest BCUT2D eigenvalue weighted by molar-refractivity contribution is 7.99. The van der Waals surface area contributed by atoms with E-state index in [2.05, 4.69) is 11.1 Å². The molecule has 26 heavy (non-hydrogen) atoms. The lowest BCUT2D eigenvalue weighted by Crippen LogP contribution is -2.23. The van der Waals surface area contributed by atoms with Crippen molar-refractivity contribution in [3.8, 4) is 11.8 Å². The van der Waals surface area contributed by atoms with Crippen molar-refractivity contribution in [2.75, 3.05) is 12.4 Å². The lowest BCUT2D eigenvalue weighted by atomic mass is 10.2. The molecule has 132 valence electrons. The number of nitrogens with zero attached hydrogens (tertiary/aromatic N) is 3. The molecule has 0 atom stereocenters. The van der Waals surface area contributed by atoms with Gasteiger partial charge in [0.05, 0.1) is 29.1 Å². The van der Waals surface area contributed by atoms with Crippen molar-refractivity contribution in [3.05, 3.63) is 64.4 Å². The van der Waals surface area contributed by atoms with Gasteiger partial charge in [-0.15, -0.1) is 0 Å². The van der Waals surface area contributed by atoms with Gasteiger partial charge in [-0.2, -0.15) is 5.26 Å². The Morgan fingerprint density at radius 2 is 1.96 bits per heavy atom. The largest absolute Gasteiger partial charge is 0.493 e. The summed E-state index contributed by atoms with van der Waals surface area (Å²) in [6, 6.07) is 16.5. The number of para-hydroxylation sites is 1. The molecule has 2 aromatic carbocycles. The standard InChI is InChI=1S/C20H19N3O2S/c1-2-11-23-19(24)17-5-3-4-6-18(17)22-20(23)26-13-12-25-16-9-7-15(14-21)8-10-16/h3-10H,2,11-13H2,1H3. The van der Waals surface area contributed by atoms with Crippen LogP contribution >= 0.6 is 11.8 Å². The highest BCUT2D eigenvalue weighted by Crippen LogP contribution is 2.19. The Kier molecular flexibility index (Phi) is 5.92. The van der Waals surface area contributed by atoms with Crippen LogP contribution in [-0.4, -0.2) is 21.9 Å². The van der Waals surface area contributed by atoms with Crippen LogP contribution in [0, 0.1) is 11.3 Å². The number of benzene rings is 2. The van der Waals surface area contributed by atoms with Gasteiger partial charge in [0.15, 0.2) is 5.16 Å². The van der Waals surface area contributed by atoms with Crippen LogP contribution in [-0.2, 0) is 6.54 Å². The molecule has 0 N–H and O–H groups in total. The van der Waals surface area contributed by atoms with E-state index in [1.54, 1.807) is 28.8 Å². The van der Waals surface area contributed by atoms with E-state index in [1.165, 1.54) is 11.8 Å². The molecule has 3 rings (SSSR count). The summed E-state index contributed by atoms with van der Waals surface area (Å²) in [5, 5.41) is 10.2. The summed E-state index contributed by atoms with van der Waals surface area (Å²) >= 11 is 1.52. The zero-order valence-electron chi connectivity index (χ0n) is 14.5. The average Bonchev–Trinajstić information content (AvgIpc) is 2.68. The minimum absolute atomic E-state index is 0.00737. The van der Waals surface area contributed by atoms with Crippen LogP contribution in [0.5, 0.6) is 5.75 Å². The summed E-state index contributed by atoms with van der Waals surface area (Å²) in [5.74, 6) is 1.40. The Bertz CT molecular complexity index is 991. The van der Waals surface area contributed by atoms with Gasteiger partial charge in [-0.25, -0.2) is 4.98 Å². The Balaban J connectivity index is 1.70. The third-order valence-corrected chi connectivity index (χ3v) is 4.78. The first-order valence-electron chi connectivity index (χ1n) is 8.48. The molecular formula is C20H19N3O2S. The molecule has 5 nitrogen and oxygen atoms in total. The lowest BCUT2D eigenvalue weighted by molar-refractivity contribution is 0.343. The molecule has 0 radical (unpaired) electrons. The van der Waals surface area contributed by atoms with Crippen molar-refractivity contribution >= 4 is 22.7 Å². The maximum absolute atomic E-state index is 12.7. The fourth-order valence-electron chi connectivity index (χ4n) is 2.60. The molecule has 1 aromatic heterocycles. The highest BCUT2D eigenvalue weighted by Gasteiger charge is 2.10. The smallest absolute Gasteiger partial charge is 0.262 e. The first kappa shape index (κ1) is 18.0. The van der Waals surface area contributed by atoms with Crippen molar-refractivity contribution in [3.63, 3.8) is 0 Å². The van der Waals surface area contributed by atoms with Gasteiger partial charge in [0.25, 0.3) is 5.56 Å². The summed E-state index contributed by atoms with van der Waals surface area (Å²) in [6.45, 7) is 3.19. The van der Waals surface area contributed by atoms with E-state index < -0.39 is 0 Å². The fraction of sp³-hybridized carbons (Fsp3) is 0.250. The van der Waals surface area contributed by atoms with Crippen LogP contribution in [0.1, 0.15) is 18.9 Å². The maximum atomic E-state index is 12.7. The predicted octanol–water partition coefficient (Wildman–Crippen LogP) is 3.85. The van der Waals surface area contributed by atoms with E-state index in [-0.39, 0.29) is 5.56 Å². The van der Waals surface area contributed by atoms with Crippen LogP contribution in [0.15, 0.2) is 58.5 Å². The summed E-state index contributed by atoms with van der Waals surface area (Å²) < 4.78 is 7.44. The van der Waals surface area contributed by atoms with Gasteiger partial charge in [-0.3, -0.25) is 9.36 Å². The Hall–Kier alpha value is -2.78. The number of thioether (sulfide) groups is 1. The summed E-state index contributed by atoms with van der Waals surface area (Å²) in [7, 11) is 0. The van der Waals surface area contributed by atoms with Crippen molar-refractivity contribution in [2.45, 2.75) is 25.0 Å². The zero-order valence-corrected chi connectivity index (χ0v) is 15.3. The normalized spacial score (nSPS) is 10.6. The Labute approximate surface area is 156 Å². The summed E-state index contributed by atoms with van der Waals surface area (Å²) in [6.07, 6.45) is 0.870. The molecule has 0 aliphatic carbocycles. The van der Waals surface area contributed by atoms with Gasteiger partial charge in [-0.05, 0) is 42.8 Å². The Morgan fingerprint density at radius 1 is 1.19 bits per heavy atom. The zero-order chi connectivity index (χ0) is 18.4. The first-order valence-corrected chi connectivity index (χ1v) is 9.47. The topological polar surface area (TPSA) is 67.9 Å². The molecule has 0 saturated carbocycles. The number of rotatable bonds is 7. The number of fused-ring (bicyclic) bond motifs is 1. The number of hydrogen-bond donors (Lipinski definition) is 0. The van der Waals surface area contributed by atoms with Crippen molar-refractivity contribution in [2.24, 2.45) is 0 Å². The third-order valence-electron chi connectivity index (χ3n) is 3.84. The second-order valence-corrected chi connectivity index (χ2v) is 6.76. The van der Waals surface area contributed by atoms with Gasteiger partial charge in [0, 0.05) is 12.3 Å². The van der Waals surface area contributed by atoms with E-state index >= 15 is 0 Å². The van der Waals surface area contributed by atoms with E-state index in [9.17, 15) is 4.79 Å². The minimum Gasteiger partial charge on any atom is -0.493 e. The van der Waals surface area contributed by atoms with E-state index in [4.69, 9.17) is 10.00 Å². The number of ether oxygens (including phenoxy) is 1. The van der Waals surface area contributed by atoms with Crippen LogP contribution in [0.3, 0.4) is 0 Å². The quantitative estimate of drug-likeness (QED) is 0.361. The molecule has 0 unspecified atom stereocenters. The molecular weight excluding hydrogens is 346 g/mol. The van der Waals surface area contributed by atoms with Gasteiger partial charge in [0.1, 0.15) is 5.75 Å². The van der Waals surface area contributed by atoms with E-state index in [0.717, 1.165) is 22.8 Å². The second kappa shape index (κ2) is 8.54. The third kappa shape index (κ3) is 4.06. The molecule has 0 spiro atoms. The van der Waals surface area contributed by atoms with Crippen LogP contribution in [0.4, 0.5) is 0 Å². The number of hydrogen-bond acceptors (Lipinski definition) is 5. The molecule has 0 amide bonds. The van der Waals surface area contributed by atoms with Crippen LogP contribution in [0.25, 0.3) is 10.9 Å². The van der Waals surface area contributed by atoms with Gasteiger partial charge < -0.3 is 4.74 Å². The lowest BCUT2D eigenvalue weighted by Gasteiger charge is -2.12. The van der Waals surface area contributed by atoms with Gasteiger partial charge in [-0.1, -0.05) is 30.8 Å². The minimum atomic E-state index is 0.00737. The predicted molar refractivity (Wildman–Crippen MR) is 104 cm³/mol. The molecule has 6 heteroatoms. The molecule has 1 heterocycles. The van der Waals surface area contributed by atoms with Crippen LogP contribution in [0.2, 0.25) is 0 Å². The molecule has 0 aliphatic rings. The molecule has 0 saturated heterocycles. The first-order chi connectivity index (χ1) is 12.7.